The first-order valence-corrected chi connectivity index (χ1v) is 8.12. The van der Waals surface area contributed by atoms with Crippen LogP contribution in [0.5, 0.6) is 5.75 Å². The van der Waals surface area contributed by atoms with Crippen LogP contribution in [0.1, 0.15) is 19.4 Å². The molecular weight excluding hydrogens is 312 g/mol. The van der Waals surface area contributed by atoms with E-state index >= 15 is 0 Å². The average molecular weight is 334 g/mol. The predicted octanol–water partition coefficient (Wildman–Crippen LogP) is 2.41. The largest absolute Gasteiger partial charge is 0.493 e. The standard InChI is InChI=1S/C17H22N2O3S/c1-4-19(5-2)10-9-18-16(23)13-11-12-7-6-8-14(21-3)15(12)22-17(13)20/h6-8,11H,4-5,9-10H2,1-3H3,(H,18,23). The van der Waals surface area contributed by atoms with Crippen molar-refractivity contribution in [2.24, 2.45) is 0 Å². The number of para-hydroxylation sites is 1. The minimum absolute atomic E-state index is 0.375. The Labute approximate surface area is 141 Å². The number of likely N-dealkylation sites (N-methyl/N-ethyl adjacent to an activating group) is 1. The highest BCUT2D eigenvalue weighted by Crippen LogP contribution is 2.24. The number of rotatable bonds is 7. The van der Waals surface area contributed by atoms with Crippen molar-refractivity contribution in [3.8, 4) is 5.75 Å². The molecule has 1 N–H and O–H groups in total. The van der Waals surface area contributed by atoms with Crippen LogP contribution in [0, 0.1) is 0 Å². The Morgan fingerprint density at radius 1 is 1.35 bits per heavy atom. The van der Waals surface area contributed by atoms with Gasteiger partial charge in [-0.3, -0.25) is 0 Å². The second-order valence-corrected chi connectivity index (χ2v) is 5.52. The second-order valence-electron chi connectivity index (χ2n) is 5.11. The number of fused-ring (bicyclic) bond motifs is 1. The quantitative estimate of drug-likeness (QED) is 0.620. The molecule has 5 nitrogen and oxygen atoms in total. The van der Waals surface area contributed by atoms with Gasteiger partial charge >= 0.3 is 5.63 Å². The summed E-state index contributed by atoms with van der Waals surface area (Å²) in [6, 6.07) is 7.21. The lowest BCUT2D eigenvalue weighted by Crippen LogP contribution is -2.35. The SMILES string of the molecule is CCN(CC)CCNC(=S)c1cc2cccc(OC)c2oc1=O. The average Bonchev–Trinajstić information content (AvgIpc) is 2.57. The first-order chi connectivity index (χ1) is 11.1. The fraction of sp³-hybridized carbons (Fsp3) is 0.412. The van der Waals surface area contributed by atoms with Gasteiger partial charge in [-0.1, -0.05) is 38.2 Å². The molecule has 0 aliphatic carbocycles. The summed E-state index contributed by atoms with van der Waals surface area (Å²) in [6.07, 6.45) is 0. The van der Waals surface area contributed by atoms with E-state index in [9.17, 15) is 4.79 Å². The lowest BCUT2D eigenvalue weighted by atomic mass is 10.1. The van der Waals surface area contributed by atoms with Gasteiger partial charge in [-0.15, -0.1) is 0 Å². The van der Waals surface area contributed by atoms with E-state index < -0.39 is 5.63 Å². The summed E-state index contributed by atoms with van der Waals surface area (Å²) in [6.45, 7) is 7.78. The molecule has 0 saturated heterocycles. The number of nitrogens with one attached hydrogen (secondary N) is 1. The maximum atomic E-state index is 12.2. The summed E-state index contributed by atoms with van der Waals surface area (Å²) in [4.78, 5) is 14.9. The molecule has 0 bridgehead atoms. The lowest BCUT2D eigenvalue weighted by molar-refractivity contribution is 0.308. The van der Waals surface area contributed by atoms with Crippen LogP contribution in [-0.4, -0.2) is 43.2 Å². The highest BCUT2D eigenvalue weighted by atomic mass is 32.1. The van der Waals surface area contributed by atoms with Gasteiger partial charge in [-0.25, -0.2) is 4.79 Å². The van der Waals surface area contributed by atoms with E-state index in [0.29, 0.717) is 28.4 Å². The molecule has 0 unspecified atom stereocenters. The summed E-state index contributed by atoms with van der Waals surface area (Å²) in [5, 5.41) is 3.91. The van der Waals surface area contributed by atoms with E-state index in [0.717, 1.165) is 25.0 Å². The van der Waals surface area contributed by atoms with Crippen LogP contribution in [-0.2, 0) is 0 Å². The summed E-state index contributed by atoms with van der Waals surface area (Å²) < 4.78 is 10.6. The van der Waals surface area contributed by atoms with Gasteiger partial charge < -0.3 is 19.4 Å². The minimum Gasteiger partial charge on any atom is -0.493 e. The van der Waals surface area contributed by atoms with E-state index in [-0.39, 0.29) is 0 Å². The molecule has 1 aromatic heterocycles. The monoisotopic (exact) mass is 334 g/mol. The van der Waals surface area contributed by atoms with Gasteiger partial charge in [0.15, 0.2) is 11.3 Å². The normalized spacial score (nSPS) is 11.0. The summed E-state index contributed by atoms with van der Waals surface area (Å²) >= 11 is 5.34. The molecule has 0 amide bonds. The molecule has 6 heteroatoms. The number of methoxy groups -OCH3 is 1. The maximum Gasteiger partial charge on any atom is 0.346 e. The highest BCUT2D eigenvalue weighted by Gasteiger charge is 2.12. The first kappa shape index (κ1) is 17.4. The van der Waals surface area contributed by atoms with E-state index in [2.05, 4.69) is 24.1 Å². The number of nitrogens with zero attached hydrogens (tertiary/aromatic N) is 1. The van der Waals surface area contributed by atoms with Crippen LogP contribution in [0.15, 0.2) is 33.5 Å². The third-order valence-corrected chi connectivity index (χ3v) is 4.16. The van der Waals surface area contributed by atoms with Crippen molar-refractivity contribution in [1.29, 1.82) is 0 Å². The van der Waals surface area contributed by atoms with Crippen LogP contribution in [0.2, 0.25) is 0 Å². The molecule has 124 valence electrons. The third kappa shape index (κ3) is 4.09. The third-order valence-electron chi connectivity index (χ3n) is 3.80. The van der Waals surface area contributed by atoms with Crippen molar-refractivity contribution in [2.45, 2.75) is 13.8 Å². The fourth-order valence-corrected chi connectivity index (χ4v) is 2.64. The van der Waals surface area contributed by atoms with Crippen molar-refractivity contribution in [2.75, 3.05) is 33.3 Å². The Morgan fingerprint density at radius 2 is 2.09 bits per heavy atom. The van der Waals surface area contributed by atoms with Gasteiger partial charge in [-0.05, 0) is 25.2 Å². The number of hydrogen-bond acceptors (Lipinski definition) is 5. The summed E-state index contributed by atoms with van der Waals surface area (Å²) in [5.74, 6) is 0.534. The van der Waals surface area contributed by atoms with Crippen LogP contribution >= 0.6 is 12.2 Å². The molecule has 1 aromatic carbocycles. The zero-order valence-corrected chi connectivity index (χ0v) is 14.5. The van der Waals surface area contributed by atoms with Crippen LogP contribution in [0.4, 0.5) is 0 Å². The highest BCUT2D eigenvalue weighted by molar-refractivity contribution is 7.80. The van der Waals surface area contributed by atoms with Crippen molar-refractivity contribution in [1.82, 2.24) is 10.2 Å². The molecule has 2 rings (SSSR count). The molecule has 1 heterocycles. The predicted molar refractivity (Wildman–Crippen MR) is 96.5 cm³/mol. The second kappa shape index (κ2) is 8.08. The van der Waals surface area contributed by atoms with Crippen molar-refractivity contribution < 1.29 is 9.15 Å². The molecular formula is C17H22N2O3S. The van der Waals surface area contributed by atoms with Crippen molar-refractivity contribution in [3.05, 3.63) is 40.2 Å². The van der Waals surface area contributed by atoms with E-state index in [1.807, 2.05) is 12.1 Å². The van der Waals surface area contributed by atoms with Gasteiger partial charge in [0.1, 0.15) is 4.99 Å². The molecule has 23 heavy (non-hydrogen) atoms. The van der Waals surface area contributed by atoms with Gasteiger partial charge in [0.25, 0.3) is 0 Å². The van der Waals surface area contributed by atoms with E-state index in [1.54, 1.807) is 19.2 Å². The maximum absolute atomic E-state index is 12.2. The number of hydrogen-bond donors (Lipinski definition) is 1. The number of benzene rings is 1. The van der Waals surface area contributed by atoms with Crippen molar-refractivity contribution >= 4 is 28.2 Å². The number of thiocarbonyl (C=S) groups is 1. The Balaban J connectivity index is 2.18. The first-order valence-electron chi connectivity index (χ1n) is 7.72. The molecule has 0 fully saturated rings. The smallest absolute Gasteiger partial charge is 0.346 e. The van der Waals surface area contributed by atoms with Gasteiger partial charge in [0.05, 0.1) is 12.7 Å². The van der Waals surface area contributed by atoms with E-state index in [1.165, 1.54) is 0 Å². The zero-order valence-electron chi connectivity index (χ0n) is 13.7. The lowest BCUT2D eigenvalue weighted by Gasteiger charge is -2.18. The van der Waals surface area contributed by atoms with Crippen LogP contribution in [0.25, 0.3) is 11.0 Å². The molecule has 0 spiro atoms. The molecule has 0 saturated carbocycles. The summed E-state index contributed by atoms with van der Waals surface area (Å²) in [5.41, 5.74) is 0.359. The van der Waals surface area contributed by atoms with Crippen molar-refractivity contribution in [3.63, 3.8) is 0 Å². The summed E-state index contributed by atoms with van der Waals surface area (Å²) in [7, 11) is 1.54. The van der Waals surface area contributed by atoms with E-state index in [4.69, 9.17) is 21.4 Å². The Morgan fingerprint density at radius 3 is 2.74 bits per heavy atom. The molecule has 0 aliphatic heterocycles. The molecule has 0 atom stereocenters. The minimum atomic E-state index is -0.456. The van der Waals surface area contributed by atoms with Crippen LogP contribution < -0.4 is 15.7 Å². The van der Waals surface area contributed by atoms with Gasteiger partial charge in [0, 0.05) is 18.5 Å². The molecule has 0 aliphatic rings. The molecule has 2 aromatic rings. The number of ether oxygens (including phenoxy) is 1. The zero-order chi connectivity index (χ0) is 16.8. The van der Waals surface area contributed by atoms with Gasteiger partial charge in [0.2, 0.25) is 0 Å². The van der Waals surface area contributed by atoms with Gasteiger partial charge in [-0.2, -0.15) is 0 Å². The topological polar surface area (TPSA) is 54.7 Å². The Hall–Kier alpha value is -1.92. The Kier molecular flexibility index (Phi) is 6.12. The van der Waals surface area contributed by atoms with Crippen LogP contribution in [0.3, 0.4) is 0 Å². The Bertz CT molecular complexity index is 738. The molecule has 0 radical (unpaired) electrons. The fourth-order valence-electron chi connectivity index (χ4n) is 2.40.